The molecule has 1 saturated carbocycles. The average molecular weight is 252 g/mol. The van der Waals surface area contributed by atoms with E-state index in [1.807, 2.05) is 6.92 Å². The maximum atomic E-state index is 12.2. The molecule has 1 fully saturated rings. The summed E-state index contributed by atoms with van der Waals surface area (Å²) < 4.78 is 1.59. The number of nitrogens with zero attached hydrogens (tertiary/aromatic N) is 2. The summed E-state index contributed by atoms with van der Waals surface area (Å²) in [6.45, 7) is 2.64. The Morgan fingerprint density at radius 3 is 3.11 bits per heavy atom. The monoisotopic (exact) mass is 252 g/mol. The molecule has 18 heavy (non-hydrogen) atoms. The van der Waals surface area contributed by atoms with E-state index in [-0.39, 0.29) is 24.5 Å². The zero-order chi connectivity index (χ0) is 13.1. The number of hydrogen-bond acceptors (Lipinski definition) is 4. The number of aliphatic hydroxyl groups is 1. The predicted octanol–water partition coefficient (Wildman–Crippen LogP) is 0.376. The van der Waals surface area contributed by atoms with Gasteiger partial charge in [-0.2, -0.15) is 5.10 Å². The van der Waals surface area contributed by atoms with E-state index in [1.165, 1.54) is 6.20 Å². The summed E-state index contributed by atoms with van der Waals surface area (Å²) >= 11 is 0. The van der Waals surface area contributed by atoms with Crippen molar-refractivity contribution in [1.29, 1.82) is 0 Å². The first kappa shape index (κ1) is 12.9. The van der Waals surface area contributed by atoms with Crippen molar-refractivity contribution in [3.8, 4) is 0 Å². The minimum Gasteiger partial charge on any atom is -0.396 e. The molecular weight excluding hydrogens is 232 g/mol. The van der Waals surface area contributed by atoms with Crippen LogP contribution in [-0.4, -0.2) is 33.4 Å². The fourth-order valence-electron chi connectivity index (χ4n) is 2.57. The SMILES string of the molecule is CCn1ncc(N)c1C(=O)NC1CCCC1CO. The highest BCUT2D eigenvalue weighted by Gasteiger charge is 2.29. The number of amides is 1. The van der Waals surface area contributed by atoms with Gasteiger partial charge in [0, 0.05) is 25.1 Å². The van der Waals surface area contributed by atoms with Crippen LogP contribution in [0.4, 0.5) is 5.69 Å². The largest absolute Gasteiger partial charge is 0.396 e. The number of rotatable bonds is 4. The first-order valence-corrected chi connectivity index (χ1v) is 6.40. The van der Waals surface area contributed by atoms with Crippen LogP contribution in [0.3, 0.4) is 0 Å². The van der Waals surface area contributed by atoms with Crippen molar-refractivity contribution in [3.63, 3.8) is 0 Å². The molecular formula is C12H20N4O2. The molecule has 6 heteroatoms. The summed E-state index contributed by atoms with van der Waals surface area (Å²) in [5, 5.41) is 16.3. The van der Waals surface area contributed by atoms with Crippen LogP contribution >= 0.6 is 0 Å². The van der Waals surface area contributed by atoms with Crippen LogP contribution in [0, 0.1) is 5.92 Å². The summed E-state index contributed by atoms with van der Waals surface area (Å²) in [4.78, 5) is 12.2. The average Bonchev–Trinajstić information content (AvgIpc) is 2.95. The Morgan fingerprint density at radius 1 is 1.67 bits per heavy atom. The second-order valence-electron chi connectivity index (χ2n) is 4.72. The first-order valence-electron chi connectivity index (χ1n) is 6.40. The van der Waals surface area contributed by atoms with E-state index in [0.29, 0.717) is 17.9 Å². The number of hydrogen-bond donors (Lipinski definition) is 3. The number of aromatic nitrogens is 2. The highest BCUT2D eigenvalue weighted by molar-refractivity contribution is 5.97. The van der Waals surface area contributed by atoms with Crippen molar-refractivity contribution in [2.75, 3.05) is 12.3 Å². The van der Waals surface area contributed by atoms with E-state index in [0.717, 1.165) is 19.3 Å². The number of aliphatic hydroxyl groups excluding tert-OH is 1. The molecule has 100 valence electrons. The molecule has 1 heterocycles. The predicted molar refractivity (Wildman–Crippen MR) is 68.0 cm³/mol. The van der Waals surface area contributed by atoms with Gasteiger partial charge in [0.15, 0.2) is 0 Å². The Balaban J connectivity index is 2.09. The van der Waals surface area contributed by atoms with Crippen molar-refractivity contribution in [1.82, 2.24) is 15.1 Å². The van der Waals surface area contributed by atoms with Crippen LogP contribution in [0.25, 0.3) is 0 Å². The molecule has 2 atom stereocenters. The minimum absolute atomic E-state index is 0.0436. The number of aryl methyl sites for hydroxylation is 1. The second kappa shape index (κ2) is 5.39. The lowest BCUT2D eigenvalue weighted by Crippen LogP contribution is -2.39. The van der Waals surface area contributed by atoms with Gasteiger partial charge in [-0.25, -0.2) is 0 Å². The Kier molecular flexibility index (Phi) is 3.86. The quantitative estimate of drug-likeness (QED) is 0.722. The van der Waals surface area contributed by atoms with Gasteiger partial charge >= 0.3 is 0 Å². The van der Waals surface area contributed by atoms with Gasteiger partial charge in [0.05, 0.1) is 11.9 Å². The second-order valence-corrected chi connectivity index (χ2v) is 4.72. The normalized spacial score (nSPS) is 23.2. The van der Waals surface area contributed by atoms with Crippen LogP contribution in [0.1, 0.15) is 36.7 Å². The smallest absolute Gasteiger partial charge is 0.271 e. The third-order valence-electron chi connectivity index (χ3n) is 3.59. The summed E-state index contributed by atoms with van der Waals surface area (Å²) in [7, 11) is 0. The van der Waals surface area contributed by atoms with Crippen molar-refractivity contribution in [2.45, 2.75) is 38.8 Å². The van der Waals surface area contributed by atoms with Gasteiger partial charge < -0.3 is 16.2 Å². The fraction of sp³-hybridized carbons (Fsp3) is 0.667. The molecule has 1 amide bonds. The van der Waals surface area contributed by atoms with E-state index in [1.54, 1.807) is 4.68 Å². The van der Waals surface area contributed by atoms with Gasteiger partial charge in [-0.15, -0.1) is 0 Å². The Bertz CT molecular complexity index is 430. The molecule has 1 aliphatic rings. The maximum Gasteiger partial charge on any atom is 0.271 e. The van der Waals surface area contributed by atoms with E-state index in [2.05, 4.69) is 10.4 Å². The minimum atomic E-state index is -0.197. The summed E-state index contributed by atoms with van der Waals surface area (Å²) in [6.07, 6.45) is 4.41. The zero-order valence-electron chi connectivity index (χ0n) is 10.6. The lowest BCUT2D eigenvalue weighted by atomic mass is 10.1. The number of nitrogens with two attached hydrogens (primary N) is 1. The van der Waals surface area contributed by atoms with E-state index < -0.39 is 0 Å². The summed E-state index contributed by atoms with van der Waals surface area (Å²) in [5.74, 6) is -0.0367. The van der Waals surface area contributed by atoms with Crippen LogP contribution in [-0.2, 0) is 6.54 Å². The highest BCUT2D eigenvalue weighted by atomic mass is 16.3. The first-order chi connectivity index (χ1) is 8.67. The van der Waals surface area contributed by atoms with Crippen molar-refractivity contribution >= 4 is 11.6 Å². The molecule has 1 aromatic rings. The summed E-state index contributed by atoms with van der Waals surface area (Å²) in [6, 6.07) is 0.0436. The molecule has 0 aliphatic heterocycles. The van der Waals surface area contributed by atoms with Crippen LogP contribution < -0.4 is 11.1 Å². The molecule has 1 aliphatic carbocycles. The number of nitrogens with one attached hydrogen (secondary N) is 1. The molecule has 0 bridgehead atoms. The molecule has 0 aromatic carbocycles. The van der Waals surface area contributed by atoms with Crippen LogP contribution in [0.15, 0.2) is 6.20 Å². The van der Waals surface area contributed by atoms with Crippen LogP contribution in [0.5, 0.6) is 0 Å². The lowest BCUT2D eigenvalue weighted by Gasteiger charge is -2.19. The maximum absolute atomic E-state index is 12.2. The summed E-state index contributed by atoms with van der Waals surface area (Å²) in [5.41, 5.74) is 6.58. The van der Waals surface area contributed by atoms with Gasteiger partial charge in [-0.05, 0) is 19.8 Å². The van der Waals surface area contributed by atoms with Gasteiger partial charge in [0.2, 0.25) is 0 Å². The lowest BCUT2D eigenvalue weighted by molar-refractivity contribution is 0.0906. The molecule has 0 saturated heterocycles. The number of nitrogen functional groups attached to an aromatic ring is 1. The molecule has 0 radical (unpaired) electrons. The number of carbonyl (C=O) groups excluding carboxylic acids is 1. The number of anilines is 1. The standard InChI is InChI=1S/C12H20N4O2/c1-2-16-11(9(13)6-14-16)12(18)15-10-5-3-4-8(10)7-17/h6,8,10,17H,2-5,7,13H2,1H3,(H,15,18). The van der Waals surface area contributed by atoms with E-state index >= 15 is 0 Å². The van der Waals surface area contributed by atoms with Gasteiger partial charge in [0.25, 0.3) is 5.91 Å². The Morgan fingerprint density at radius 2 is 2.44 bits per heavy atom. The van der Waals surface area contributed by atoms with E-state index in [9.17, 15) is 9.90 Å². The number of carbonyl (C=O) groups is 1. The third kappa shape index (κ3) is 2.33. The zero-order valence-corrected chi connectivity index (χ0v) is 10.6. The van der Waals surface area contributed by atoms with Crippen LogP contribution in [0.2, 0.25) is 0 Å². The van der Waals surface area contributed by atoms with Crippen molar-refractivity contribution in [3.05, 3.63) is 11.9 Å². The van der Waals surface area contributed by atoms with Crippen molar-refractivity contribution in [2.24, 2.45) is 5.92 Å². The Labute approximate surface area is 106 Å². The molecule has 2 unspecified atom stereocenters. The Hall–Kier alpha value is -1.56. The van der Waals surface area contributed by atoms with Gasteiger partial charge in [-0.1, -0.05) is 6.42 Å². The molecule has 1 aromatic heterocycles. The molecule has 2 rings (SSSR count). The molecule has 4 N–H and O–H groups in total. The molecule has 6 nitrogen and oxygen atoms in total. The third-order valence-corrected chi connectivity index (χ3v) is 3.59. The van der Waals surface area contributed by atoms with Gasteiger partial charge in [0.1, 0.15) is 5.69 Å². The highest BCUT2D eigenvalue weighted by Crippen LogP contribution is 2.25. The van der Waals surface area contributed by atoms with Crippen molar-refractivity contribution < 1.29 is 9.90 Å². The van der Waals surface area contributed by atoms with Gasteiger partial charge in [-0.3, -0.25) is 9.48 Å². The van der Waals surface area contributed by atoms with E-state index in [4.69, 9.17) is 5.73 Å². The molecule has 0 spiro atoms. The topological polar surface area (TPSA) is 93.2 Å². The fourth-order valence-corrected chi connectivity index (χ4v) is 2.57.